The molecule has 4 heteroatoms. The van der Waals surface area contributed by atoms with E-state index < -0.39 is 11.5 Å². The third-order valence-corrected chi connectivity index (χ3v) is 3.39. The summed E-state index contributed by atoms with van der Waals surface area (Å²) in [6, 6.07) is 3.82. The molecule has 1 aliphatic heterocycles. The summed E-state index contributed by atoms with van der Waals surface area (Å²) < 4.78 is 5.48. The highest BCUT2D eigenvalue weighted by Crippen LogP contribution is 2.30. The van der Waals surface area contributed by atoms with E-state index in [2.05, 4.69) is 0 Å². The number of carbonyl (C=O) groups is 1. The molecule has 0 spiro atoms. The van der Waals surface area contributed by atoms with Gasteiger partial charge in [0, 0.05) is 0 Å². The first kappa shape index (κ1) is 11.2. The van der Waals surface area contributed by atoms with Crippen molar-refractivity contribution in [3.63, 3.8) is 0 Å². The number of hydrogen-bond donors (Lipinski definition) is 1. The van der Waals surface area contributed by atoms with Gasteiger partial charge in [-0.3, -0.25) is 9.69 Å². The number of aliphatic carboxylic acids is 1. The Bertz CT molecular complexity index is 399. The van der Waals surface area contributed by atoms with E-state index in [4.69, 9.17) is 4.42 Å². The van der Waals surface area contributed by atoms with Gasteiger partial charge in [-0.2, -0.15) is 0 Å². The number of likely N-dealkylation sites (tertiary alicyclic amines) is 1. The zero-order chi connectivity index (χ0) is 11.8. The second-order valence-electron chi connectivity index (χ2n) is 4.62. The van der Waals surface area contributed by atoms with Crippen LogP contribution in [0.4, 0.5) is 0 Å². The molecule has 1 fully saturated rings. The van der Waals surface area contributed by atoms with Crippen molar-refractivity contribution in [1.29, 1.82) is 0 Å². The minimum Gasteiger partial charge on any atom is -0.480 e. The number of carboxylic acid groups (broad SMARTS) is 1. The second kappa shape index (κ2) is 3.94. The van der Waals surface area contributed by atoms with Crippen LogP contribution in [0.2, 0.25) is 0 Å². The summed E-state index contributed by atoms with van der Waals surface area (Å²) in [4.78, 5) is 13.2. The van der Waals surface area contributed by atoms with Crippen molar-refractivity contribution >= 4 is 5.97 Å². The molecule has 88 valence electrons. The minimum atomic E-state index is -0.742. The summed E-state index contributed by atoms with van der Waals surface area (Å²) in [5.41, 5.74) is -0.735. The molecule has 1 unspecified atom stereocenters. The number of nitrogens with zero attached hydrogens (tertiary/aromatic N) is 1. The Balaban J connectivity index is 2.12. The maximum absolute atomic E-state index is 11.3. The zero-order valence-electron chi connectivity index (χ0n) is 9.69. The first-order valence-electron chi connectivity index (χ1n) is 5.56. The van der Waals surface area contributed by atoms with Crippen LogP contribution in [0, 0.1) is 6.92 Å². The summed E-state index contributed by atoms with van der Waals surface area (Å²) in [6.07, 6.45) is 1.64. The van der Waals surface area contributed by atoms with E-state index in [1.165, 1.54) is 0 Å². The normalized spacial score (nSPS) is 26.1. The standard InChI is InChI=1S/C12H17NO3/c1-9-4-5-10(16-9)8-13-7-3-6-12(13,2)11(14)15/h4-5H,3,6-8H2,1-2H3,(H,14,15). The predicted octanol–water partition coefficient (Wildman–Crippen LogP) is 2.03. The van der Waals surface area contributed by atoms with Gasteiger partial charge < -0.3 is 9.52 Å². The first-order chi connectivity index (χ1) is 7.52. The fourth-order valence-electron chi connectivity index (χ4n) is 2.27. The molecule has 16 heavy (non-hydrogen) atoms. The van der Waals surface area contributed by atoms with E-state index in [1.807, 2.05) is 24.0 Å². The van der Waals surface area contributed by atoms with E-state index in [9.17, 15) is 9.90 Å². The maximum Gasteiger partial charge on any atom is 0.323 e. The summed E-state index contributed by atoms with van der Waals surface area (Å²) >= 11 is 0. The van der Waals surface area contributed by atoms with Gasteiger partial charge in [-0.15, -0.1) is 0 Å². The molecule has 0 bridgehead atoms. The van der Waals surface area contributed by atoms with E-state index >= 15 is 0 Å². The maximum atomic E-state index is 11.3. The van der Waals surface area contributed by atoms with Gasteiger partial charge in [0.15, 0.2) is 0 Å². The number of hydrogen-bond acceptors (Lipinski definition) is 3. The average Bonchev–Trinajstić information content (AvgIpc) is 2.76. The highest BCUT2D eigenvalue weighted by atomic mass is 16.4. The van der Waals surface area contributed by atoms with Gasteiger partial charge in [-0.1, -0.05) is 0 Å². The van der Waals surface area contributed by atoms with Crippen LogP contribution in [0.3, 0.4) is 0 Å². The molecule has 0 saturated carbocycles. The third-order valence-electron chi connectivity index (χ3n) is 3.39. The van der Waals surface area contributed by atoms with Crippen molar-refractivity contribution in [2.75, 3.05) is 6.54 Å². The monoisotopic (exact) mass is 223 g/mol. The molecule has 1 saturated heterocycles. The second-order valence-corrected chi connectivity index (χ2v) is 4.62. The van der Waals surface area contributed by atoms with E-state index in [0.717, 1.165) is 24.5 Å². The van der Waals surface area contributed by atoms with Crippen molar-refractivity contribution < 1.29 is 14.3 Å². The molecular formula is C12H17NO3. The largest absolute Gasteiger partial charge is 0.480 e. The Labute approximate surface area is 94.9 Å². The first-order valence-corrected chi connectivity index (χ1v) is 5.56. The SMILES string of the molecule is Cc1ccc(CN2CCCC2(C)C(=O)O)o1. The summed E-state index contributed by atoms with van der Waals surface area (Å²) in [7, 11) is 0. The van der Waals surface area contributed by atoms with Crippen molar-refractivity contribution in [3.8, 4) is 0 Å². The van der Waals surface area contributed by atoms with Crippen LogP contribution < -0.4 is 0 Å². The number of furan rings is 1. The summed E-state index contributed by atoms with van der Waals surface area (Å²) in [6.45, 7) is 5.08. The highest BCUT2D eigenvalue weighted by molar-refractivity contribution is 5.78. The van der Waals surface area contributed by atoms with Gasteiger partial charge in [-0.25, -0.2) is 0 Å². The lowest BCUT2D eigenvalue weighted by Gasteiger charge is -2.30. The molecule has 1 N–H and O–H groups in total. The number of carboxylic acids is 1. The minimum absolute atomic E-state index is 0.580. The Morgan fingerprint density at radius 2 is 2.38 bits per heavy atom. The van der Waals surface area contributed by atoms with Gasteiger partial charge in [0.25, 0.3) is 0 Å². The van der Waals surface area contributed by atoms with E-state index in [1.54, 1.807) is 6.92 Å². The molecule has 1 atom stereocenters. The molecule has 0 aromatic carbocycles. The Kier molecular flexibility index (Phi) is 2.76. The molecule has 0 radical (unpaired) electrons. The van der Waals surface area contributed by atoms with Gasteiger partial charge in [-0.05, 0) is 45.4 Å². The zero-order valence-corrected chi connectivity index (χ0v) is 9.69. The Morgan fingerprint density at radius 3 is 2.94 bits per heavy atom. The molecule has 2 heterocycles. The fraction of sp³-hybridized carbons (Fsp3) is 0.583. The van der Waals surface area contributed by atoms with Gasteiger partial charge >= 0.3 is 5.97 Å². The lowest BCUT2D eigenvalue weighted by molar-refractivity contribution is -0.149. The molecule has 1 aromatic rings. The van der Waals surface area contributed by atoms with Crippen molar-refractivity contribution in [1.82, 2.24) is 4.90 Å². The molecule has 0 aliphatic carbocycles. The van der Waals surface area contributed by atoms with Crippen LogP contribution in [0.1, 0.15) is 31.3 Å². The van der Waals surface area contributed by atoms with Crippen LogP contribution in [-0.2, 0) is 11.3 Å². The topological polar surface area (TPSA) is 53.7 Å². The van der Waals surface area contributed by atoms with Gasteiger partial charge in [0.2, 0.25) is 0 Å². The molecular weight excluding hydrogens is 206 g/mol. The molecule has 2 rings (SSSR count). The number of aryl methyl sites for hydroxylation is 1. The lowest BCUT2D eigenvalue weighted by atomic mass is 9.99. The predicted molar refractivity (Wildman–Crippen MR) is 59.1 cm³/mol. The Morgan fingerprint density at radius 1 is 1.62 bits per heavy atom. The van der Waals surface area contributed by atoms with Crippen LogP contribution in [0.5, 0.6) is 0 Å². The molecule has 1 aromatic heterocycles. The van der Waals surface area contributed by atoms with Crippen LogP contribution in [0.15, 0.2) is 16.5 Å². The van der Waals surface area contributed by atoms with Crippen LogP contribution in [0.25, 0.3) is 0 Å². The fourth-order valence-corrected chi connectivity index (χ4v) is 2.27. The highest BCUT2D eigenvalue weighted by Gasteiger charge is 2.43. The summed E-state index contributed by atoms with van der Waals surface area (Å²) in [5.74, 6) is 0.964. The van der Waals surface area contributed by atoms with E-state index in [-0.39, 0.29) is 0 Å². The summed E-state index contributed by atoms with van der Waals surface area (Å²) in [5, 5.41) is 9.25. The van der Waals surface area contributed by atoms with Gasteiger partial charge in [0.1, 0.15) is 17.1 Å². The molecule has 1 aliphatic rings. The molecule has 0 amide bonds. The van der Waals surface area contributed by atoms with E-state index in [0.29, 0.717) is 13.0 Å². The number of rotatable bonds is 3. The van der Waals surface area contributed by atoms with Crippen LogP contribution >= 0.6 is 0 Å². The van der Waals surface area contributed by atoms with Crippen molar-refractivity contribution in [3.05, 3.63) is 23.7 Å². The van der Waals surface area contributed by atoms with Crippen LogP contribution in [-0.4, -0.2) is 28.1 Å². The van der Waals surface area contributed by atoms with Gasteiger partial charge in [0.05, 0.1) is 6.54 Å². The Hall–Kier alpha value is -1.29. The quantitative estimate of drug-likeness (QED) is 0.851. The third kappa shape index (κ3) is 1.85. The average molecular weight is 223 g/mol. The van der Waals surface area contributed by atoms with Crippen molar-refractivity contribution in [2.24, 2.45) is 0 Å². The lowest BCUT2D eigenvalue weighted by Crippen LogP contribution is -2.47. The molecule has 4 nitrogen and oxygen atoms in total. The van der Waals surface area contributed by atoms with Crippen molar-refractivity contribution in [2.45, 2.75) is 38.8 Å². The smallest absolute Gasteiger partial charge is 0.323 e.